The van der Waals surface area contributed by atoms with Crippen LogP contribution in [0.15, 0.2) is 12.4 Å². The van der Waals surface area contributed by atoms with Crippen LogP contribution in [0.5, 0.6) is 0 Å². The van der Waals surface area contributed by atoms with Gasteiger partial charge in [0.15, 0.2) is 0 Å². The van der Waals surface area contributed by atoms with Gasteiger partial charge in [-0.05, 0) is 12.8 Å². The lowest BCUT2D eigenvalue weighted by atomic mass is 10.2. The first-order valence-corrected chi connectivity index (χ1v) is 6.15. The standard InChI is InChI=1S/C12H23N3O2/c1-3-6-15-7-5-13-12(15)9-14-11(4-8-16)10-17-2/h5,7,11,14,16H,3-4,6,8-10H2,1-2H3. The van der Waals surface area contributed by atoms with Gasteiger partial charge in [0.05, 0.1) is 13.2 Å². The number of aromatic nitrogens is 2. The largest absolute Gasteiger partial charge is 0.396 e. The molecule has 5 nitrogen and oxygen atoms in total. The summed E-state index contributed by atoms with van der Waals surface area (Å²) in [4.78, 5) is 4.32. The van der Waals surface area contributed by atoms with Crippen molar-refractivity contribution in [2.45, 2.75) is 38.9 Å². The van der Waals surface area contributed by atoms with Gasteiger partial charge in [0, 0.05) is 38.7 Å². The number of aliphatic hydroxyl groups excluding tert-OH is 1. The van der Waals surface area contributed by atoms with Crippen LogP contribution in [0.4, 0.5) is 0 Å². The molecule has 0 saturated heterocycles. The molecule has 0 aromatic carbocycles. The Morgan fingerprint density at radius 3 is 3.06 bits per heavy atom. The normalized spacial score (nSPS) is 12.9. The van der Waals surface area contributed by atoms with Crippen LogP contribution in [-0.4, -0.2) is 41.0 Å². The summed E-state index contributed by atoms with van der Waals surface area (Å²) in [5, 5.41) is 12.3. The monoisotopic (exact) mass is 241 g/mol. The fourth-order valence-electron chi connectivity index (χ4n) is 1.79. The number of hydrogen-bond donors (Lipinski definition) is 2. The second-order valence-electron chi connectivity index (χ2n) is 4.08. The van der Waals surface area contributed by atoms with Crippen LogP contribution in [0.25, 0.3) is 0 Å². The third kappa shape index (κ3) is 4.85. The van der Waals surface area contributed by atoms with E-state index in [1.54, 1.807) is 7.11 Å². The average Bonchev–Trinajstić information content (AvgIpc) is 2.75. The Morgan fingerprint density at radius 2 is 2.41 bits per heavy atom. The average molecular weight is 241 g/mol. The molecule has 98 valence electrons. The molecular weight excluding hydrogens is 218 g/mol. The second kappa shape index (κ2) is 8.22. The zero-order valence-corrected chi connectivity index (χ0v) is 10.7. The zero-order valence-electron chi connectivity index (χ0n) is 10.7. The smallest absolute Gasteiger partial charge is 0.122 e. The molecule has 1 heterocycles. The van der Waals surface area contributed by atoms with E-state index in [0.717, 1.165) is 18.8 Å². The van der Waals surface area contributed by atoms with Gasteiger partial charge in [0.25, 0.3) is 0 Å². The fraction of sp³-hybridized carbons (Fsp3) is 0.750. The van der Waals surface area contributed by atoms with Crippen molar-refractivity contribution in [1.82, 2.24) is 14.9 Å². The minimum Gasteiger partial charge on any atom is -0.396 e. The molecule has 2 N–H and O–H groups in total. The minimum absolute atomic E-state index is 0.171. The molecule has 0 spiro atoms. The Bertz CT molecular complexity index is 296. The van der Waals surface area contributed by atoms with E-state index < -0.39 is 0 Å². The summed E-state index contributed by atoms with van der Waals surface area (Å²) in [5.74, 6) is 1.03. The number of ether oxygens (including phenoxy) is 1. The number of aliphatic hydroxyl groups is 1. The predicted molar refractivity (Wildman–Crippen MR) is 66.7 cm³/mol. The van der Waals surface area contributed by atoms with Gasteiger partial charge >= 0.3 is 0 Å². The third-order valence-corrected chi connectivity index (χ3v) is 2.66. The molecule has 0 bridgehead atoms. The van der Waals surface area contributed by atoms with E-state index in [4.69, 9.17) is 9.84 Å². The predicted octanol–water partition coefficient (Wildman–Crippen LogP) is 0.780. The second-order valence-corrected chi connectivity index (χ2v) is 4.08. The van der Waals surface area contributed by atoms with Crippen LogP contribution in [0, 0.1) is 0 Å². The Balaban J connectivity index is 2.43. The molecule has 1 aromatic heterocycles. The van der Waals surface area contributed by atoms with Gasteiger partial charge in [-0.25, -0.2) is 4.98 Å². The molecule has 0 aliphatic carbocycles. The summed E-state index contributed by atoms with van der Waals surface area (Å²) < 4.78 is 7.25. The molecule has 1 atom stereocenters. The Kier molecular flexibility index (Phi) is 6.84. The van der Waals surface area contributed by atoms with Crippen molar-refractivity contribution in [2.24, 2.45) is 0 Å². The number of aryl methyl sites for hydroxylation is 1. The van der Waals surface area contributed by atoms with E-state index in [9.17, 15) is 0 Å². The maximum Gasteiger partial charge on any atom is 0.122 e. The van der Waals surface area contributed by atoms with Crippen LogP contribution in [-0.2, 0) is 17.8 Å². The van der Waals surface area contributed by atoms with Crippen LogP contribution in [0.3, 0.4) is 0 Å². The number of methoxy groups -OCH3 is 1. The number of nitrogens with zero attached hydrogens (tertiary/aromatic N) is 2. The summed E-state index contributed by atoms with van der Waals surface area (Å²) in [6, 6.07) is 0.178. The quantitative estimate of drug-likeness (QED) is 0.671. The molecule has 0 amide bonds. The van der Waals surface area contributed by atoms with Crippen molar-refractivity contribution in [3.8, 4) is 0 Å². The summed E-state index contributed by atoms with van der Waals surface area (Å²) in [6.07, 6.45) is 5.62. The highest BCUT2D eigenvalue weighted by Gasteiger charge is 2.09. The number of hydrogen-bond acceptors (Lipinski definition) is 4. The maximum absolute atomic E-state index is 8.94. The molecule has 0 fully saturated rings. The van der Waals surface area contributed by atoms with Gasteiger partial charge in [-0.15, -0.1) is 0 Å². The number of nitrogens with one attached hydrogen (secondary N) is 1. The van der Waals surface area contributed by atoms with Crippen molar-refractivity contribution in [1.29, 1.82) is 0 Å². The van der Waals surface area contributed by atoms with Gasteiger partial charge in [-0.1, -0.05) is 6.92 Å². The van der Waals surface area contributed by atoms with E-state index >= 15 is 0 Å². The van der Waals surface area contributed by atoms with Crippen LogP contribution in [0.2, 0.25) is 0 Å². The SMILES string of the molecule is CCCn1ccnc1CNC(CCO)COC. The van der Waals surface area contributed by atoms with Crippen LogP contribution in [0.1, 0.15) is 25.6 Å². The van der Waals surface area contributed by atoms with Crippen molar-refractivity contribution >= 4 is 0 Å². The maximum atomic E-state index is 8.94. The lowest BCUT2D eigenvalue weighted by Crippen LogP contribution is -2.34. The van der Waals surface area contributed by atoms with E-state index in [1.807, 2.05) is 12.4 Å². The summed E-state index contributed by atoms with van der Waals surface area (Å²) in [5.41, 5.74) is 0. The molecule has 0 radical (unpaired) electrons. The van der Waals surface area contributed by atoms with E-state index in [0.29, 0.717) is 19.6 Å². The fourth-order valence-corrected chi connectivity index (χ4v) is 1.79. The van der Waals surface area contributed by atoms with Gasteiger partial charge < -0.3 is 19.7 Å². The summed E-state index contributed by atoms with van der Waals surface area (Å²) in [6.45, 7) is 4.63. The van der Waals surface area contributed by atoms with Crippen molar-refractivity contribution in [2.75, 3.05) is 20.3 Å². The third-order valence-electron chi connectivity index (χ3n) is 2.66. The Morgan fingerprint density at radius 1 is 1.59 bits per heavy atom. The number of rotatable bonds is 9. The Hall–Kier alpha value is -0.910. The molecule has 0 aliphatic rings. The highest BCUT2D eigenvalue weighted by molar-refractivity contribution is 4.92. The zero-order chi connectivity index (χ0) is 12.5. The van der Waals surface area contributed by atoms with E-state index in [2.05, 4.69) is 21.8 Å². The first-order valence-electron chi connectivity index (χ1n) is 6.15. The van der Waals surface area contributed by atoms with Crippen molar-refractivity contribution in [3.05, 3.63) is 18.2 Å². The molecule has 17 heavy (non-hydrogen) atoms. The minimum atomic E-state index is 0.171. The topological polar surface area (TPSA) is 59.3 Å². The highest BCUT2D eigenvalue weighted by Crippen LogP contribution is 2.01. The lowest BCUT2D eigenvalue weighted by Gasteiger charge is -2.17. The molecular formula is C12H23N3O2. The number of imidazole rings is 1. The van der Waals surface area contributed by atoms with Gasteiger partial charge in [0.2, 0.25) is 0 Å². The van der Waals surface area contributed by atoms with Gasteiger partial charge in [-0.3, -0.25) is 0 Å². The van der Waals surface area contributed by atoms with Gasteiger partial charge in [0.1, 0.15) is 5.82 Å². The van der Waals surface area contributed by atoms with E-state index in [1.165, 1.54) is 0 Å². The molecule has 1 aromatic rings. The Labute approximate surface area is 103 Å². The van der Waals surface area contributed by atoms with Crippen molar-refractivity contribution < 1.29 is 9.84 Å². The highest BCUT2D eigenvalue weighted by atomic mass is 16.5. The first-order chi connectivity index (χ1) is 8.31. The molecule has 5 heteroatoms. The molecule has 0 saturated carbocycles. The van der Waals surface area contributed by atoms with Crippen LogP contribution < -0.4 is 5.32 Å². The summed E-state index contributed by atoms with van der Waals surface area (Å²) in [7, 11) is 1.67. The summed E-state index contributed by atoms with van der Waals surface area (Å²) >= 11 is 0. The first kappa shape index (κ1) is 14.2. The lowest BCUT2D eigenvalue weighted by molar-refractivity contribution is 0.147. The van der Waals surface area contributed by atoms with E-state index in [-0.39, 0.29) is 12.6 Å². The molecule has 0 aliphatic heterocycles. The van der Waals surface area contributed by atoms with Crippen LogP contribution >= 0.6 is 0 Å². The van der Waals surface area contributed by atoms with Crippen molar-refractivity contribution in [3.63, 3.8) is 0 Å². The van der Waals surface area contributed by atoms with Gasteiger partial charge in [-0.2, -0.15) is 0 Å². The molecule has 1 rings (SSSR count). The molecule has 1 unspecified atom stereocenters.